The molecule has 1 aromatic carbocycles. The van der Waals surface area contributed by atoms with Crippen LogP contribution in [0.15, 0.2) is 29.0 Å². The minimum atomic E-state index is 0.619. The fraction of sp³-hybridized carbons (Fsp3) is 0.250. The minimum absolute atomic E-state index is 0.619. The molecular weight excluding hydrogens is 266 g/mol. The van der Waals surface area contributed by atoms with E-state index in [9.17, 15) is 0 Å². The summed E-state index contributed by atoms with van der Waals surface area (Å²) in [5.74, 6) is 0. The molecule has 0 bridgehead atoms. The second-order valence-corrected chi connectivity index (χ2v) is 4.51. The van der Waals surface area contributed by atoms with Crippen LogP contribution in [-0.2, 0) is 6.42 Å². The zero-order valence-electron chi connectivity index (χ0n) is 9.13. The fourth-order valence-electron chi connectivity index (χ4n) is 1.65. The lowest BCUT2D eigenvalue weighted by Gasteiger charge is -2.01. The fourth-order valence-corrected chi connectivity index (χ4v) is 2.07. The van der Waals surface area contributed by atoms with Crippen LogP contribution in [0.4, 0.5) is 0 Å². The Bertz CT molecular complexity index is 474. The molecule has 0 aliphatic rings. The molecule has 0 unspecified atom stereocenters. The van der Waals surface area contributed by atoms with E-state index in [4.69, 9.17) is 5.73 Å². The Kier molecular flexibility index (Phi) is 3.41. The zero-order valence-corrected chi connectivity index (χ0v) is 10.7. The van der Waals surface area contributed by atoms with Crippen LogP contribution in [0.2, 0.25) is 0 Å². The molecule has 3 N–H and O–H groups in total. The van der Waals surface area contributed by atoms with Crippen molar-refractivity contribution < 1.29 is 0 Å². The van der Waals surface area contributed by atoms with Gasteiger partial charge in [0.2, 0.25) is 0 Å². The SMILES string of the molecule is Cc1ccc(-c2nc(Br)[nH]c2CCN)cc1. The van der Waals surface area contributed by atoms with Gasteiger partial charge in [-0.15, -0.1) is 0 Å². The third-order valence-corrected chi connectivity index (χ3v) is 2.84. The van der Waals surface area contributed by atoms with Gasteiger partial charge in [-0.3, -0.25) is 0 Å². The lowest BCUT2D eigenvalue weighted by Crippen LogP contribution is -2.04. The Morgan fingerprint density at radius 2 is 2.00 bits per heavy atom. The van der Waals surface area contributed by atoms with Crippen LogP contribution in [0.3, 0.4) is 0 Å². The normalized spacial score (nSPS) is 10.7. The van der Waals surface area contributed by atoms with E-state index in [0.29, 0.717) is 6.54 Å². The summed E-state index contributed by atoms with van der Waals surface area (Å²) in [6.07, 6.45) is 0.807. The molecule has 0 aliphatic heterocycles. The Balaban J connectivity index is 2.42. The van der Waals surface area contributed by atoms with Gasteiger partial charge in [-0.05, 0) is 29.4 Å². The summed E-state index contributed by atoms with van der Waals surface area (Å²) in [5.41, 5.74) is 10.0. The van der Waals surface area contributed by atoms with Gasteiger partial charge < -0.3 is 10.7 Å². The van der Waals surface area contributed by atoms with Crippen molar-refractivity contribution in [1.82, 2.24) is 9.97 Å². The van der Waals surface area contributed by atoms with Gasteiger partial charge in [-0.25, -0.2) is 4.98 Å². The third-order valence-electron chi connectivity index (χ3n) is 2.47. The van der Waals surface area contributed by atoms with Crippen LogP contribution in [0.1, 0.15) is 11.3 Å². The number of imidazole rings is 1. The van der Waals surface area contributed by atoms with E-state index < -0.39 is 0 Å². The van der Waals surface area contributed by atoms with Crippen molar-refractivity contribution in [3.05, 3.63) is 40.3 Å². The number of hydrogen-bond acceptors (Lipinski definition) is 2. The van der Waals surface area contributed by atoms with Crippen molar-refractivity contribution in [3.63, 3.8) is 0 Å². The van der Waals surface area contributed by atoms with Crippen molar-refractivity contribution in [1.29, 1.82) is 0 Å². The summed E-state index contributed by atoms with van der Waals surface area (Å²) in [5, 5.41) is 0. The maximum Gasteiger partial charge on any atom is 0.175 e. The molecule has 0 aliphatic carbocycles. The van der Waals surface area contributed by atoms with Crippen LogP contribution >= 0.6 is 15.9 Å². The van der Waals surface area contributed by atoms with Crippen molar-refractivity contribution in [2.45, 2.75) is 13.3 Å². The Hall–Kier alpha value is -1.13. The maximum absolute atomic E-state index is 5.58. The molecule has 3 nitrogen and oxygen atoms in total. The van der Waals surface area contributed by atoms with Crippen LogP contribution in [-0.4, -0.2) is 16.5 Å². The molecule has 0 spiro atoms. The first kappa shape index (κ1) is 11.4. The van der Waals surface area contributed by atoms with Gasteiger partial charge in [-0.2, -0.15) is 0 Å². The van der Waals surface area contributed by atoms with E-state index in [-0.39, 0.29) is 0 Å². The standard InChI is InChI=1S/C12H14BrN3/c1-8-2-4-9(5-3-8)11-10(6-7-14)15-12(13)16-11/h2-5H,6-7,14H2,1H3,(H,15,16). The summed E-state index contributed by atoms with van der Waals surface area (Å²) in [6, 6.07) is 8.34. The Morgan fingerprint density at radius 1 is 1.31 bits per heavy atom. The van der Waals surface area contributed by atoms with Crippen LogP contribution in [0, 0.1) is 6.92 Å². The molecule has 2 rings (SSSR count). The smallest absolute Gasteiger partial charge is 0.175 e. The predicted molar refractivity (Wildman–Crippen MR) is 69.2 cm³/mol. The molecule has 0 saturated heterocycles. The number of nitrogens with one attached hydrogen (secondary N) is 1. The number of hydrogen-bond donors (Lipinski definition) is 2. The second-order valence-electron chi connectivity index (χ2n) is 3.76. The van der Waals surface area contributed by atoms with E-state index in [1.165, 1.54) is 5.56 Å². The quantitative estimate of drug-likeness (QED) is 0.908. The number of benzene rings is 1. The molecular formula is C12H14BrN3. The van der Waals surface area contributed by atoms with E-state index in [1.54, 1.807) is 0 Å². The molecule has 0 saturated carbocycles. The van der Waals surface area contributed by atoms with E-state index in [1.807, 2.05) is 0 Å². The minimum Gasteiger partial charge on any atom is -0.336 e. The molecule has 0 amide bonds. The Labute approximate surface area is 103 Å². The summed E-state index contributed by atoms with van der Waals surface area (Å²) in [7, 11) is 0. The van der Waals surface area contributed by atoms with Crippen molar-refractivity contribution in [3.8, 4) is 11.3 Å². The van der Waals surface area contributed by atoms with Gasteiger partial charge in [0.15, 0.2) is 4.73 Å². The monoisotopic (exact) mass is 279 g/mol. The molecule has 0 fully saturated rings. The van der Waals surface area contributed by atoms with Crippen LogP contribution in [0.25, 0.3) is 11.3 Å². The summed E-state index contributed by atoms with van der Waals surface area (Å²) in [4.78, 5) is 7.62. The number of aryl methyl sites for hydroxylation is 1. The molecule has 0 radical (unpaired) electrons. The van der Waals surface area contributed by atoms with E-state index in [2.05, 4.69) is 57.1 Å². The van der Waals surface area contributed by atoms with Crippen molar-refractivity contribution in [2.24, 2.45) is 5.73 Å². The van der Waals surface area contributed by atoms with Crippen molar-refractivity contribution in [2.75, 3.05) is 6.54 Å². The van der Waals surface area contributed by atoms with Gasteiger partial charge in [0.05, 0.1) is 5.69 Å². The molecule has 2 aromatic rings. The number of aromatic amines is 1. The topological polar surface area (TPSA) is 54.7 Å². The van der Waals surface area contributed by atoms with Gasteiger partial charge >= 0.3 is 0 Å². The van der Waals surface area contributed by atoms with Crippen molar-refractivity contribution >= 4 is 15.9 Å². The molecule has 0 atom stereocenters. The van der Waals surface area contributed by atoms with Crippen LogP contribution < -0.4 is 5.73 Å². The summed E-state index contributed by atoms with van der Waals surface area (Å²) >= 11 is 3.36. The lowest BCUT2D eigenvalue weighted by molar-refractivity contribution is 0.934. The first-order chi connectivity index (χ1) is 7.70. The molecule has 84 valence electrons. The molecule has 16 heavy (non-hydrogen) atoms. The highest BCUT2D eigenvalue weighted by molar-refractivity contribution is 9.10. The molecule has 1 heterocycles. The maximum atomic E-state index is 5.58. The third kappa shape index (κ3) is 2.33. The van der Waals surface area contributed by atoms with E-state index in [0.717, 1.165) is 28.1 Å². The van der Waals surface area contributed by atoms with Gasteiger partial charge in [0.1, 0.15) is 0 Å². The number of halogens is 1. The molecule has 1 aromatic heterocycles. The number of rotatable bonds is 3. The summed E-state index contributed by atoms with van der Waals surface area (Å²) < 4.78 is 0.756. The highest BCUT2D eigenvalue weighted by Gasteiger charge is 2.09. The predicted octanol–water partition coefficient (Wildman–Crippen LogP) is 2.65. The number of nitrogens with two attached hydrogens (primary N) is 1. The highest BCUT2D eigenvalue weighted by Crippen LogP contribution is 2.24. The Morgan fingerprint density at radius 3 is 2.62 bits per heavy atom. The number of aromatic nitrogens is 2. The average molecular weight is 280 g/mol. The number of H-pyrrole nitrogens is 1. The molecule has 4 heteroatoms. The summed E-state index contributed by atoms with van der Waals surface area (Å²) in [6.45, 7) is 2.69. The number of nitrogens with zero attached hydrogens (tertiary/aromatic N) is 1. The second kappa shape index (κ2) is 4.80. The van der Waals surface area contributed by atoms with Gasteiger partial charge in [-0.1, -0.05) is 29.8 Å². The largest absolute Gasteiger partial charge is 0.336 e. The first-order valence-corrected chi connectivity index (χ1v) is 6.01. The van der Waals surface area contributed by atoms with E-state index >= 15 is 0 Å². The van der Waals surface area contributed by atoms with Crippen LogP contribution in [0.5, 0.6) is 0 Å². The first-order valence-electron chi connectivity index (χ1n) is 5.22. The lowest BCUT2D eigenvalue weighted by atomic mass is 10.1. The highest BCUT2D eigenvalue weighted by atomic mass is 79.9. The average Bonchev–Trinajstić information content (AvgIpc) is 2.61. The van der Waals surface area contributed by atoms with Gasteiger partial charge in [0, 0.05) is 17.7 Å². The van der Waals surface area contributed by atoms with Gasteiger partial charge in [0.25, 0.3) is 0 Å². The zero-order chi connectivity index (χ0) is 11.5.